The monoisotopic (exact) mass is 440 g/mol. The highest BCUT2D eigenvalue weighted by Crippen LogP contribution is 2.45. The molecule has 0 aliphatic heterocycles. The van der Waals surface area contributed by atoms with Gasteiger partial charge in [0.2, 0.25) is 10.2 Å². The molecule has 152 valence electrons. The predicted octanol–water partition coefficient (Wildman–Crippen LogP) is 3.78. The Bertz CT molecular complexity index is 1230. The summed E-state index contributed by atoms with van der Waals surface area (Å²) in [7, 11) is 0. The second-order valence-electron chi connectivity index (χ2n) is 7.08. The molecule has 10 heteroatoms. The molecule has 0 spiro atoms. The van der Waals surface area contributed by atoms with Crippen LogP contribution in [0.3, 0.4) is 0 Å². The summed E-state index contributed by atoms with van der Waals surface area (Å²) in [6.45, 7) is 0. The molecule has 0 saturated heterocycles. The molecule has 0 amide bonds. The third-order valence-electron chi connectivity index (χ3n) is 5.17. The van der Waals surface area contributed by atoms with Gasteiger partial charge in [-0.1, -0.05) is 11.3 Å². The molecule has 1 fully saturated rings. The average Bonchev–Trinajstić information content (AvgIpc) is 3.04. The highest BCUT2D eigenvalue weighted by Gasteiger charge is 2.35. The third-order valence-corrected chi connectivity index (χ3v) is 8.47. The molecule has 7 nitrogen and oxygen atoms in total. The minimum atomic E-state index is -1.18. The molecule has 1 aliphatic carbocycles. The zero-order chi connectivity index (χ0) is 20.8. The summed E-state index contributed by atoms with van der Waals surface area (Å²) < 4.78 is 27.1. The van der Waals surface area contributed by atoms with Gasteiger partial charge < -0.3 is 16.0 Å². The Kier molecular flexibility index (Phi) is 4.76. The van der Waals surface area contributed by atoms with Crippen molar-refractivity contribution >= 4 is 44.4 Å². The van der Waals surface area contributed by atoms with Gasteiger partial charge in [-0.05, 0) is 37.5 Å². The summed E-state index contributed by atoms with van der Waals surface area (Å²) in [5, 5.41) is 0.819. The van der Waals surface area contributed by atoms with Crippen LogP contribution in [-0.2, 0) is 11.2 Å². The molecular weight excluding hydrogens is 423 g/mol. The van der Waals surface area contributed by atoms with E-state index in [9.17, 15) is 8.94 Å². The van der Waals surface area contributed by atoms with Crippen LogP contribution in [0.2, 0.25) is 0 Å². The van der Waals surface area contributed by atoms with E-state index in [2.05, 4.69) is 15.0 Å². The van der Waals surface area contributed by atoms with Crippen LogP contribution < -0.4 is 11.5 Å². The summed E-state index contributed by atoms with van der Waals surface area (Å²) in [5.41, 5.74) is 15.0. The molecule has 0 aromatic carbocycles. The van der Waals surface area contributed by atoms with Gasteiger partial charge in [-0.3, -0.25) is 4.98 Å². The first-order valence-electron chi connectivity index (χ1n) is 9.34. The van der Waals surface area contributed by atoms with Crippen molar-refractivity contribution in [2.75, 3.05) is 11.5 Å². The Labute approximate surface area is 178 Å². The van der Waals surface area contributed by atoms with E-state index in [1.54, 1.807) is 18.5 Å². The summed E-state index contributed by atoms with van der Waals surface area (Å²) in [4.78, 5) is 17.7. The van der Waals surface area contributed by atoms with Gasteiger partial charge in [-0.15, -0.1) is 0 Å². The highest BCUT2D eigenvalue weighted by molar-refractivity contribution is 7.94. The summed E-state index contributed by atoms with van der Waals surface area (Å²) in [5.74, 6) is -0.264. The fraction of sp³-hybridized carbons (Fsp3) is 0.200. The Balaban J connectivity index is 1.73. The second-order valence-corrected chi connectivity index (χ2v) is 10.0. The quantitative estimate of drug-likeness (QED) is 0.462. The summed E-state index contributed by atoms with van der Waals surface area (Å²) >= 11 is 0.154. The molecule has 1 atom stereocenters. The maximum Gasteiger partial charge on any atom is 0.232 e. The molecular formula is C20H17FN6OS2. The van der Waals surface area contributed by atoms with Gasteiger partial charge in [0.15, 0.2) is 0 Å². The Morgan fingerprint density at radius 3 is 2.47 bits per heavy atom. The molecule has 0 radical (unpaired) electrons. The van der Waals surface area contributed by atoms with Gasteiger partial charge in [-0.2, -0.15) is 0 Å². The number of nitrogens with zero attached hydrogens (tertiary/aromatic N) is 4. The van der Waals surface area contributed by atoms with Crippen molar-refractivity contribution in [3.8, 4) is 22.5 Å². The van der Waals surface area contributed by atoms with Crippen molar-refractivity contribution in [1.82, 2.24) is 19.9 Å². The number of thiophene rings is 1. The number of nitrogen functional groups attached to an aromatic ring is 2. The van der Waals surface area contributed by atoms with E-state index >= 15 is 0 Å². The lowest BCUT2D eigenvalue weighted by Gasteiger charge is -2.27. The van der Waals surface area contributed by atoms with Crippen molar-refractivity contribution in [2.24, 2.45) is 0 Å². The van der Waals surface area contributed by atoms with E-state index < -0.39 is 17.0 Å². The number of rotatable bonds is 4. The van der Waals surface area contributed by atoms with Crippen LogP contribution in [0.4, 0.5) is 16.0 Å². The van der Waals surface area contributed by atoms with E-state index in [-0.39, 0.29) is 11.2 Å². The number of anilines is 2. The average molecular weight is 441 g/mol. The number of aromatic nitrogens is 4. The van der Waals surface area contributed by atoms with Crippen LogP contribution in [0, 0.1) is 5.82 Å². The Morgan fingerprint density at radius 2 is 1.83 bits per heavy atom. The maximum atomic E-state index is 13.5. The standard InChI is InChI=1S/C20H17FN6OS2/c21-11-4-5-14(24-9-11)13-6-15(10-7-25-20(23)26-8-10)27-18-16(13)17(22)19(29-18)30(28)12-2-1-3-12/h4-9,12H,1-3,22H2,(H2,23,25,26). The van der Waals surface area contributed by atoms with Crippen molar-refractivity contribution in [1.29, 1.82) is 0 Å². The fourth-order valence-corrected chi connectivity index (χ4v) is 6.55. The van der Waals surface area contributed by atoms with Gasteiger partial charge in [-0.25, -0.2) is 19.3 Å². The van der Waals surface area contributed by atoms with E-state index in [4.69, 9.17) is 16.5 Å². The molecule has 4 aromatic rings. The van der Waals surface area contributed by atoms with Crippen molar-refractivity contribution in [2.45, 2.75) is 28.7 Å². The van der Waals surface area contributed by atoms with Gasteiger partial charge >= 0.3 is 0 Å². The van der Waals surface area contributed by atoms with Gasteiger partial charge in [0.25, 0.3) is 0 Å². The van der Waals surface area contributed by atoms with E-state index in [1.807, 2.05) is 6.07 Å². The van der Waals surface area contributed by atoms with E-state index in [0.717, 1.165) is 25.5 Å². The number of nitrogens with two attached hydrogens (primary N) is 2. The zero-order valence-electron chi connectivity index (χ0n) is 15.7. The van der Waals surface area contributed by atoms with Crippen LogP contribution in [-0.4, -0.2) is 29.7 Å². The van der Waals surface area contributed by atoms with Crippen LogP contribution in [0.25, 0.3) is 32.7 Å². The van der Waals surface area contributed by atoms with Crippen molar-refractivity contribution in [3.63, 3.8) is 0 Å². The smallest absolute Gasteiger partial charge is 0.232 e. The highest BCUT2D eigenvalue weighted by atomic mass is 32.2. The second kappa shape index (κ2) is 7.46. The lowest BCUT2D eigenvalue weighted by molar-refractivity contribution is 0.478. The SMILES string of the molecule is Nc1ncc(-c2cc(-c3ccc(F)cn3)c3c(N)c([S+]([O-])C4CCC4)sc3n2)cn1. The normalized spacial score (nSPS) is 15.3. The van der Waals surface area contributed by atoms with Gasteiger partial charge in [0.05, 0.1) is 17.6 Å². The number of pyridine rings is 2. The lowest BCUT2D eigenvalue weighted by atomic mass is 10.00. The number of hydrogen-bond acceptors (Lipinski definition) is 8. The predicted molar refractivity (Wildman–Crippen MR) is 117 cm³/mol. The molecule has 1 aliphatic rings. The van der Waals surface area contributed by atoms with E-state index in [0.29, 0.717) is 42.6 Å². The van der Waals surface area contributed by atoms with Crippen molar-refractivity contribution in [3.05, 3.63) is 42.6 Å². The molecule has 0 bridgehead atoms. The minimum Gasteiger partial charge on any atom is -0.611 e. The summed E-state index contributed by atoms with van der Waals surface area (Å²) in [6, 6.07) is 4.75. The topological polar surface area (TPSA) is 127 Å². The van der Waals surface area contributed by atoms with Crippen LogP contribution in [0.15, 0.2) is 41.0 Å². The Morgan fingerprint density at radius 1 is 1.07 bits per heavy atom. The zero-order valence-corrected chi connectivity index (χ0v) is 17.3. The minimum absolute atomic E-state index is 0.137. The molecule has 4 N–H and O–H groups in total. The summed E-state index contributed by atoms with van der Waals surface area (Å²) in [6.07, 6.45) is 7.29. The van der Waals surface area contributed by atoms with Crippen LogP contribution in [0.1, 0.15) is 19.3 Å². The van der Waals surface area contributed by atoms with Crippen molar-refractivity contribution < 1.29 is 8.94 Å². The van der Waals surface area contributed by atoms with Gasteiger partial charge in [0.1, 0.15) is 21.6 Å². The third kappa shape index (κ3) is 3.26. The van der Waals surface area contributed by atoms with Crippen LogP contribution >= 0.6 is 11.3 Å². The number of fused-ring (bicyclic) bond motifs is 1. The molecule has 1 unspecified atom stereocenters. The van der Waals surface area contributed by atoms with Crippen LogP contribution in [0.5, 0.6) is 0 Å². The largest absolute Gasteiger partial charge is 0.611 e. The van der Waals surface area contributed by atoms with Gasteiger partial charge in [0, 0.05) is 40.1 Å². The number of halogens is 1. The fourth-order valence-electron chi connectivity index (χ4n) is 3.34. The first-order valence-corrected chi connectivity index (χ1v) is 11.4. The maximum absolute atomic E-state index is 13.5. The molecule has 4 aromatic heterocycles. The first kappa shape index (κ1) is 19.2. The number of hydrogen-bond donors (Lipinski definition) is 2. The molecule has 30 heavy (non-hydrogen) atoms. The molecule has 5 rings (SSSR count). The van der Waals surface area contributed by atoms with E-state index in [1.165, 1.54) is 17.4 Å². The lowest BCUT2D eigenvalue weighted by Crippen LogP contribution is -2.28. The molecule has 1 saturated carbocycles. The Hall–Kier alpha value is -2.82. The molecule has 4 heterocycles. The first-order chi connectivity index (χ1) is 14.5.